The first kappa shape index (κ1) is 15.7. The molecule has 116 valence electrons. The highest BCUT2D eigenvalue weighted by molar-refractivity contribution is 5.48. The number of hydrogen-bond acceptors (Lipinski definition) is 5. The molecule has 2 rings (SSSR count). The van der Waals surface area contributed by atoms with Gasteiger partial charge in [0.05, 0.1) is 11.0 Å². The standard InChI is InChI=1S/C15H22N2O4/c16-9-12-5-6-14(17(19)20)15(8-12)21-10-13(18)7-11-3-1-2-4-11/h5-6,8,11,13,18H,1-4,7,9-10,16H2. The number of nitrogens with two attached hydrogens (primary N) is 1. The number of aliphatic hydroxyl groups is 1. The fraction of sp³-hybridized carbons (Fsp3) is 0.600. The molecule has 3 N–H and O–H groups in total. The van der Waals surface area contributed by atoms with Crippen molar-refractivity contribution in [1.82, 2.24) is 0 Å². The van der Waals surface area contributed by atoms with E-state index in [0.29, 0.717) is 18.9 Å². The Labute approximate surface area is 124 Å². The van der Waals surface area contributed by atoms with Crippen LogP contribution in [0.3, 0.4) is 0 Å². The number of benzene rings is 1. The molecule has 1 atom stereocenters. The highest BCUT2D eigenvalue weighted by Gasteiger charge is 2.21. The van der Waals surface area contributed by atoms with Crippen molar-refractivity contribution in [2.75, 3.05) is 6.61 Å². The lowest BCUT2D eigenvalue weighted by Gasteiger charge is -2.16. The molecule has 0 aliphatic heterocycles. The minimum Gasteiger partial charge on any atom is -0.484 e. The first-order valence-electron chi connectivity index (χ1n) is 7.38. The monoisotopic (exact) mass is 294 g/mol. The molecule has 1 aromatic rings. The van der Waals surface area contributed by atoms with E-state index in [0.717, 1.165) is 18.4 Å². The summed E-state index contributed by atoms with van der Waals surface area (Å²) in [5.41, 5.74) is 6.20. The number of hydrogen-bond donors (Lipinski definition) is 2. The van der Waals surface area contributed by atoms with Crippen LogP contribution in [0.15, 0.2) is 18.2 Å². The van der Waals surface area contributed by atoms with Gasteiger partial charge in [-0.05, 0) is 24.0 Å². The van der Waals surface area contributed by atoms with Crippen molar-refractivity contribution in [2.45, 2.75) is 44.8 Å². The van der Waals surface area contributed by atoms with Crippen LogP contribution in [0.2, 0.25) is 0 Å². The molecule has 21 heavy (non-hydrogen) atoms. The molecule has 0 aromatic heterocycles. The van der Waals surface area contributed by atoms with E-state index >= 15 is 0 Å². The van der Waals surface area contributed by atoms with Gasteiger partial charge in [0.25, 0.3) is 0 Å². The van der Waals surface area contributed by atoms with Gasteiger partial charge in [-0.25, -0.2) is 0 Å². The largest absolute Gasteiger partial charge is 0.484 e. The summed E-state index contributed by atoms with van der Waals surface area (Å²) in [4.78, 5) is 10.5. The Morgan fingerprint density at radius 2 is 2.14 bits per heavy atom. The normalized spacial score (nSPS) is 16.9. The molecule has 6 heteroatoms. The third kappa shape index (κ3) is 4.41. The summed E-state index contributed by atoms with van der Waals surface area (Å²) < 4.78 is 5.47. The maximum atomic E-state index is 11.0. The SMILES string of the molecule is NCc1ccc([N+](=O)[O-])c(OCC(O)CC2CCCC2)c1. The highest BCUT2D eigenvalue weighted by Crippen LogP contribution is 2.30. The first-order valence-corrected chi connectivity index (χ1v) is 7.38. The molecular weight excluding hydrogens is 272 g/mol. The second-order valence-electron chi connectivity index (χ2n) is 5.61. The van der Waals surface area contributed by atoms with Gasteiger partial charge in [-0.2, -0.15) is 0 Å². The Morgan fingerprint density at radius 3 is 2.76 bits per heavy atom. The lowest BCUT2D eigenvalue weighted by molar-refractivity contribution is -0.385. The zero-order valence-corrected chi connectivity index (χ0v) is 12.0. The summed E-state index contributed by atoms with van der Waals surface area (Å²) >= 11 is 0. The molecule has 1 aliphatic carbocycles. The predicted molar refractivity (Wildman–Crippen MR) is 79.1 cm³/mol. The van der Waals surface area contributed by atoms with Crippen LogP contribution in [0.1, 0.15) is 37.7 Å². The lowest BCUT2D eigenvalue weighted by atomic mass is 10.0. The van der Waals surface area contributed by atoms with E-state index in [1.165, 1.54) is 18.9 Å². The molecule has 0 radical (unpaired) electrons. The van der Waals surface area contributed by atoms with Crippen LogP contribution in [0.25, 0.3) is 0 Å². The van der Waals surface area contributed by atoms with Gasteiger partial charge in [0.1, 0.15) is 6.61 Å². The van der Waals surface area contributed by atoms with Gasteiger partial charge in [0, 0.05) is 12.6 Å². The molecule has 1 aromatic carbocycles. The van der Waals surface area contributed by atoms with Gasteiger partial charge in [-0.1, -0.05) is 31.7 Å². The topological polar surface area (TPSA) is 98.6 Å². The van der Waals surface area contributed by atoms with E-state index < -0.39 is 11.0 Å². The molecule has 1 aliphatic rings. The van der Waals surface area contributed by atoms with Gasteiger partial charge in [0.2, 0.25) is 0 Å². The van der Waals surface area contributed by atoms with Gasteiger partial charge in [0.15, 0.2) is 5.75 Å². The number of nitro groups is 1. The molecule has 1 saturated carbocycles. The number of ether oxygens (including phenoxy) is 1. The van der Waals surface area contributed by atoms with Crippen molar-refractivity contribution in [3.05, 3.63) is 33.9 Å². The molecule has 0 saturated heterocycles. The fourth-order valence-electron chi connectivity index (χ4n) is 2.84. The van der Waals surface area contributed by atoms with Gasteiger partial charge in [-0.15, -0.1) is 0 Å². The predicted octanol–water partition coefficient (Wildman–Crippen LogP) is 2.37. The van der Waals surface area contributed by atoms with E-state index in [4.69, 9.17) is 10.5 Å². The number of rotatable bonds is 7. The maximum absolute atomic E-state index is 11.0. The van der Waals surface area contributed by atoms with Crippen molar-refractivity contribution in [1.29, 1.82) is 0 Å². The third-order valence-corrected chi connectivity index (χ3v) is 3.97. The fourth-order valence-corrected chi connectivity index (χ4v) is 2.84. The van der Waals surface area contributed by atoms with Gasteiger partial charge < -0.3 is 15.6 Å². The second-order valence-corrected chi connectivity index (χ2v) is 5.61. The summed E-state index contributed by atoms with van der Waals surface area (Å²) in [6.45, 7) is 0.365. The number of nitro benzene ring substituents is 1. The van der Waals surface area contributed by atoms with Crippen LogP contribution in [0, 0.1) is 16.0 Å². The Kier molecular flexibility index (Phi) is 5.52. The third-order valence-electron chi connectivity index (χ3n) is 3.97. The number of aliphatic hydroxyl groups excluding tert-OH is 1. The Bertz CT molecular complexity index is 487. The van der Waals surface area contributed by atoms with Crippen molar-refractivity contribution in [3.8, 4) is 5.75 Å². The molecule has 0 heterocycles. The van der Waals surface area contributed by atoms with Crippen molar-refractivity contribution in [2.24, 2.45) is 11.7 Å². The Hall–Kier alpha value is -1.66. The average Bonchev–Trinajstić information content (AvgIpc) is 2.97. The van der Waals surface area contributed by atoms with E-state index in [1.807, 2.05) is 0 Å². The first-order chi connectivity index (χ1) is 10.1. The van der Waals surface area contributed by atoms with Gasteiger partial charge in [-0.3, -0.25) is 10.1 Å². The molecular formula is C15H22N2O4. The Balaban J connectivity index is 1.95. The zero-order chi connectivity index (χ0) is 15.2. The summed E-state index contributed by atoms with van der Waals surface area (Å²) in [7, 11) is 0. The second kappa shape index (κ2) is 7.38. The van der Waals surface area contributed by atoms with E-state index in [-0.39, 0.29) is 18.0 Å². The lowest BCUT2D eigenvalue weighted by Crippen LogP contribution is -2.20. The summed E-state index contributed by atoms with van der Waals surface area (Å²) in [5, 5.41) is 21.0. The van der Waals surface area contributed by atoms with Crippen LogP contribution in [0.4, 0.5) is 5.69 Å². The summed E-state index contributed by atoms with van der Waals surface area (Å²) in [6.07, 6.45) is 4.86. The zero-order valence-electron chi connectivity index (χ0n) is 12.0. The van der Waals surface area contributed by atoms with Crippen LogP contribution < -0.4 is 10.5 Å². The average molecular weight is 294 g/mol. The molecule has 0 bridgehead atoms. The summed E-state index contributed by atoms with van der Waals surface area (Å²) in [6, 6.07) is 4.57. The van der Waals surface area contributed by atoms with Crippen molar-refractivity contribution in [3.63, 3.8) is 0 Å². The molecule has 6 nitrogen and oxygen atoms in total. The van der Waals surface area contributed by atoms with Gasteiger partial charge >= 0.3 is 5.69 Å². The van der Waals surface area contributed by atoms with Crippen molar-refractivity contribution < 1.29 is 14.8 Å². The smallest absolute Gasteiger partial charge is 0.310 e. The molecule has 0 amide bonds. The molecule has 1 fully saturated rings. The minimum absolute atomic E-state index is 0.0748. The number of nitrogens with zero attached hydrogens (tertiary/aromatic N) is 1. The Morgan fingerprint density at radius 1 is 1.43 bits per heavy atom. The van der Waals surface area contributed by atoms with Crippen LogP contribution in [-0.2, 0) is 6.54 Å². The van der Waals surface area contributed by atoms with Crippen LogP contribution in [-0.4, -0.2) is 22.7 Å². The minimum atomic E-state index is -0.589. The van der Waals surface area contributed by atoms with Crippen molar-refractivity contribution >= 4 is 5.69 Å². The summed E-state index contributed by atoms with van der Waals surface area (Å²) in [5.74, 6) is 0.724. The van der Waals surface area contributed by atoms with E-state index in [1.54, 1.807) is 12.1 Å². The molecule has 0 spiro atoms. The van der Waals surface area contributed by atoms with Crippen LogP contribution >= 0.6 is 0 Å². The quantitative estimate of drug-likeness (QED) is 0.594. The van der Waals surface area contributed by atoms with Crippen LogP contribution in [0.5, 0.6) is 5.75 Å². The maximum Gasteiger partial charge on any atom is 0.310 e. The highest BCUT2D eigenvalue weighted by atomic mass is 16.6. The molecule has 1 unspecified atom stereocenters. The van der Waals surface area contributed by atoms with E-state index in [9.17, 15) is 15.2 Å². The van der Waals surface area contributed by atoms with E-state index in [2.05, 4.69) is 0 Å².